The van der Waals surface area contributed by atoms with E-state index in [2.05, 4.69) is 10.0 Å². The zero-order valence-corrected chi connectivity index (χ0v) is 16.5. The van der Waals surface area contributed by atoms with Gasteiger partial charge in [-0.15, -0.1) is 0 Å². The van der Waals surface area contributed by atoms with Gasteiger partial charge >= 0.3 is 5.69 Å². The molecule has 0 radical (unpaired) electrons. The summed E-state index contributed by atoms with van der Waals surface area (Å²) in [5, 5.41) is 2.33. The van der Waals surface area contributed by atoms with Gasteiger partial charge in [0.05, 0.1) is 22.5 Å². The first kappa shape index (κ1) is 20.1. The fourth-order valence-electron chi connectivity index (χ4n) is 2.86. The summed E-state index contributed by atoms with van der Waals surface area (Å²) in [7, 11) is -0.813. The Balaban J connectivity index is 1.90. The van der Waals surface area contributed by atoms with Gasteiger partial charge in [0.1, 0.15) is 0 Å². The van der Waals surface area contributed by atoms with Crippen LogP contribution >= 0.6 is 0 Å². The number of sulfonamides is 1. The lowest BCUT2D eigenvalue weighted by atomic mass is 10.2. The van der Waals surface area contributed by atoms with Crippen LogP contribution in [0.15, 0.2) is 52.2 Å². The number of rotatable bonds is 6. The standard InChI is InChI=1S/C18H19N5O5S/c1-22-14-7-6-13(9-15(14)23(2)18(22)26)29(27,28)21-12-5-3-4-11(8-12)17(25)20-10-16(19)24/h3-9,21H,10H2,1-2H3,(H2,19,24)(H,20,25). The van der Waals surface area contributed by atoms with E-state index in [0.29, 0.717) is 11.0 Å². The third-order valence-corrected chi connectivity index (χ3v) is 5.73. The highest BCUT2D eigenvalue weighted by Crippen LogP contribution is 2.21. The van der Waals surface area contributed by atoms with Crippen LogP contribution in [0.1, 0.15) is 10.4 Å². The minimum Gasteiger partial charge on any atom is -0.368 e. The van der Waals surface area contributed by atoms with E-state index in [1.165, 1.54) is 45.5 Å². The quantitative estimate of drug-likeness (QED) is 0.512. The molecule has 0 aliphatic heterocycles. The monoisotopic (exact) mass is 417 g/mol. The normalized spacial score (nSPS) is 11.4. The Morgan fingerprint density at radius 1 is 1.03 bits per heavy atom. The topological polar surface area (TPSA) is 145 Å². The summed E-state index contributed by atoms with van der Waals surface area (Å²) >= 11 is 0. The molecule has 0 aliphatic carbocycles. The summed E-state index contributed by atoms with van der Waals surface area (Å²) in [5.41, 5.74) is 6.12. The van der Waals surface area contributed by atoms with Gasteiger partial charge in [-0.3, -0.25) is 23.4 Å². The highest BCUT2D eigenvalue weighted by Gasteiger charge is 2.18. The number of nitrogens with one attached hydrogen (secondary N) is 2. The smallest absolute Gasteiger partial charge is 0.328 e. The number of hydrogen-bond acceptors (Lipinski definition) is 5. The van der Waals surface area contributed by atoms with Crippen molar-refractivity contribution in [3.05, 3.63) is 58.5 Å². The highest BCUT2D eigenvalue weighted by atomic mass is 32.2. The molecule has 3 aromatic rings. The Kier molecular flexibility index (Phi) is 5.16. The molecular weight excluding hydrogens is 398 g/mol. The van der Waals surface area contributed by atoms with Crippen molar-refractivity contribution in [3.63, 3.8) is 0 Å². The van der Waals surface area contributed by atoms with Crippen LogP contribution < -0.4 is 21.5 Å². The van der Waals surface area contributed by atoms with E-state index < -0.39 is 21.8 Å². The molecule has 0 spiro atoms. The molecule has 10 nitrogen and oxygen atoms in total. The fraction of sp³-hybridized carbons (Fsp3) is 0.167. The number of carbonyl (C=O) groups is 2. The van der Waals surface area contributed by atoms with Gasteiger partial charge in [0, 0.05) is 25.3 Å². The van der Waals surface area contributed by atoms with E-state index >= 15 is 0 Å². The number of primary amides is 1. The second-order valence-electron chi connectivity index (χ2n) is 6.39. The Hall–Kier alpha value is -3.60. The molecule has 3 rings (SSSR count). The van der Waals surface area contributed by atoms with Crippen LogP contribution in [0.2, 0.25) is 0 Å². The number of aryl methyl sites for hydroxylation is 2. The van der Waals surface area contributed by atoms with Crippen LogP contribution in [0.5, 0.6) is 0 Å². The van der Waals surface area contributed by atoms with Crippen molar-refractivity contribution >= 4 is 38.6 Å². The van der Waals surface area contributed by atoms with E-state index in [0.717, 1.165) is 0 Å². The fourth-order valence-corrected chi connectivity index (χ4v) is 3.93. The maximum absolute atomic E-state index is 12.8. The molecule has 1 aromatic heterocycles. The number of carbonyl (C=O) groups excluding carboxylic acids is 2. The van der Waals surface area contributed by atoms with Crippen LogP contribution in [0.4, 0.5) is 5.69 Å². The molecule has 2 aromatic carbocycles. The van der Waals surface area contributed by atoms with E-state index in [4.69, 9.17) is 5.73 Å². The number of aromatic nitrogens is 2. The average molecular weight is 417 g/mol. The van der Waals surface area contributed by atoms with Gasteiger partial charge in [0.2, 0.25) is 5.91 Å². The van der Waals surface area contributed by atoms with E-state index in [1.807, 2.05) is 0 Å². The molecule has 2 amide bonds. The van der Waals surface area contributed by atoms with Gasteiger partial charge in [0.25, 0.3) is 15.9 Å². The minimum absolute atomic E-state index is 0.0326. The number of fused-ring (bicyclic) bond motifs is 1. The van der Waals surface area contributed by atoms with Crippen molar-refractivity contribution < 1.29 is 18.0 Å². The zero-order chi connectivity index (χ0) is 21.3. The number of amides is 2. The van der Waals surface area contributed by atoms with Crippen molar-refractivity contribution in [3.8, 4) is 0 Å². The second-order valence-corrected chi connectivity index (χ2v) is 8.07. The first-order valence-corrected chi connectivity index (χ1v) is 9.93. The van der Waals surface area contributed by atoms with Crippen molar-refractivity contribution in [2.24, 2.45) is 19.8 Å². The van der Waals surface area contributed by atoms with Gasteiger partial charge in [-0.1, -0.05) is 6.07 Å². The van der Waals surface area contributed by atoms with Gasteiger partial charge in [-0.05, 0) is 36.4 Å². The summed E-state index contributed by atoms with van der Waals surface area (Å²) in [6, 6.07) is 10.2. The lowest BCUT2D eigenvalue weighted by Crippen LogP contribution is -2.33. The number of hydrogen-bond donors (Lipinski definition) is 3. The Morgan fingerprint density at radius 2 is 1.72 bits per heavy atom. The molecule has 29 heavy (non-hydrogen) atoms. The number of nitrogens with zero attached hydrogens (tertiary/aromatic N) is 2. The molecule has 0 atom stereocenters. The van der Waals surface area contributed by atoms with Crippen molar-refractivity contribution in [1.29, 1.82) is 0 Å². The van der Waals surface area contributed by atoms with Gasteiger partial charge in [-0.2, -0.15) is 0 Å². The summed E-state index contributed by atoms with van der Waals surface area (Å²) in [5.74, 6) is -1.26. The number of imidazole rings is 1. The molecule has 0 saturated carbocycles. The summed E-state index contributed by atoms with van der Waals surface area (Å²) in [6.45, 7) is -0.329. The largest absolute Gasteiger partial charge is 0.368 e. The molecule has 0 aliphatic rings. The van der Waals surface area contributed by atoms with Crippen LogP contribution in [0, 0.1) is 0 Å². The van der Waals surface area contributed by atoms with Gasteiger partial charge < -0.3 is 11.1 Å². The first-order valence-electron chi connectivity index (χ1n) is 8.45. The zero-order valence-electron chi connectivity index (χ0n) is 15.7. The molecular formula is C18H19N5O5S. The minimum atomic E-state index is -3.97. The van der Waals surface area contributed by atoms with Gasteiger partial charge in [0.15, 0.2) is 0 Å². The third-order valence-electron chi connectivity index (χ3n) is 4.35. The number of benzene rings is 2. The van der Waals surface area contributed by atoms with Crippen molar-refractivity contribution in [2.75, 3.05) is 11.3 Å². The van der Waals surface area contributed by atoms with E-state index in [1.54, 1.807) is 20.2 Å². The molecule has 0 unspecified atom stereocenters. The lowest BCUT2D eigenvalue weighted by Gasteiger charge is -2.10. The third kappa shape index (κ3) is 3.99. The Bertz CT molecular complexity index is 1290. The maximum Gasteiger partial charge on any atom is 0.328 e. The summed E-state index contributed by atoms with van der Waals surface area (Å²) in [4.78, 5) is 34.8. The SMILES string of the molecule is Cn1c(=O)n(C)c2cc(S(=O)(=O)Nc3cccc(C(=O)NCC(N)=O)c3)ccc21. The molecule has 11 heteroatoms. The Morgan fingerprint density at radius 3 is 2.41 bits per heavy atom. The van der Waals surface area contributed by atoms with Crippen molar-refractivity contribution in [2.45, 2.75) is 4.90 Å². The number of nitrogens with two attached hydrogens (primary N) is 1. The van der Waals surface area contributed by atoms with Crippen LogP contribution in [-0.4, -0.2) is 35.9 Å². The summed E-state index contributed by atoms with van der Waals surface area (Å²) in [6.07, 6.45) is 0. The van der Waals surface area contributed by atoms with Crippen LogP contribution in [0.25, 0.3) is 11.0 Å². The van der Waals surface area contributed by atoms with E-state index in [-0.39, 0.29) is 28.4 Å². The first-order chi connectivity index (χ1) is 13.6. The predicted octanol–water partition coefficient (Wildman–Crippen LogP) is -0.107. The lowest BCUT2D eigenvalue weighted by molar-refractivity contribution is -0.117. The summed E-state index contributed by atoms with van der Waals surface area (Å²) < 4.78 is 30.7. The maximum atomic E-state index is 12.8. The predicted molar refractivity (Wildman–Crippen MR) is 107 cm³/mol. The molecule has 4 N–H and O–H groups in total. The highest BCUT2D eigenvalue weighted by molar-refractivity contribution is 7.92. The molecule has 0 fully saturated rings. The molecule has 152 valence electrons. The van der Waals surface area contributed by atoms with Crippen LogP contribution in [-0.2, 0) is 28.9 Å². The molecule has 1 heterocycles. The van der Waals surface area contributed by atoms with Gasteiger partial charge in [-0.25, -0.2) is 13.2 Å². The average Bonchev–Trinajstić information content (AvgIpc) is 2.90. The number of anilines is 1. The van der Waals surface area contributed by atoms with Crippen LogP contribution in [0.3, 0.4) is 0 Å². The van der Waals surface area contributed by atoms with E-state index in [9.17, 15) is 22.8 Å². The Labute approximate surface area is 166 Å². The molecule has 0 saturated heterocycles. The van der Waals surface area contributed by atoms with Crippen molar-refractivity contribution in [1.82, 2.24) is 14.5 Å². The molecule has 0 bridgehead atoms. The second kappa shape index (κ2) is 7.43.